The number of aromatic nitrogens is 2. The van der Waals surface area contributed by atoms with Crippen molar-refractivity contribution in [2.75, 3.05) is 0 Å². The van der Waals surface area contributed by atoms with Crippen molar-refractivity contribution in [2.24, 2.45) is 0 Å². The number of benzene rings is 1. The minimum Gasteiger partial charge on any atom is -0.314 e. The first-order valence-corrected chi connectivity index (χ1v) is 5.79. The van der Waals surface area contributed by atoms with Gasteiger partial charge in [-0.15, -0.1) is 5.10 Å². The summed E-state index contributed by atoms with van der Waals surface area (Å²) >= 11 is 0. The van der Waals surface area contributed by atoms with Gasteiger partial charge >= 0.3 is 12.1 Å². The molecule has 10 heteroatoms. The monoisotopic (exact) mass is 315 g/mol. The van der Waals surface area contributed by atoms with Crippen LogP contribution in [0.1, 0.15) is 21.7 Å². The Morgan fingerprint density at radius 2 is 2.05 bits per heavy atom. The summed E-state index contributed by atoms with van der Waals surface area (Å²) in [6.45, 7) is 1.27. The number of nitrogens with zero attached hydrogens (tertiary/aromatic N) is 3. The zero-order valence-electron chi connectivity index (χ0n) is 11.0. The van der Waals surface area contributed by atoms with E-state index >= 15 is 0 Å². The summed E-state index contributed by atoms with van der Waals surface area (Å²) in [5.74, 6) is -1.07. The number of carbonyl (C=O) groups is 1. The van der Waals surface area contributed by atoms with E-state index in [0.29, 0.717) is 10.9 Å². The summed E-state index contributed by atoms with van der Waals surface area (Å²) in [6.07, 6.45) is -4.67. The molecule has 1 aromatic carbocycles. The first kappa shape index (κ1) is 15.5. The van der Waals surface area contributed by atoms with Gasteiger partial charge in [0.05, 0.1) is 16.2 Å². The first-order valence-electron chi connectivity index (χ1n) is 5.79. The third kappa shape index (κ3) is 3.22. The lowest BCUT2D eigenvalue weighted by molar-refractivity contribution is -0.384. The van der Waals surface area contributed by atoms with E-state index in [0.717, 1.165) is 12.1 Å². The fraction of sp³-hybridized carbons (Fsp3) is 0.167. The summed E-state index contributed by atoms with van der Waals surface area (Å²) in [5.41, 5.74) is -1.79. The van der Waals surface area contributed by atoms with E-state index in [1.807, 2.05) is 0 Å². The van der Waals surface area contributed by atoms with Gasteiger partial charge in [0.2, 0.25) is 0 Å². The second-order valence-corrected chi connectivity index (χ2v) is 4.23. The molecule has 2 aromatic rings. The Bertz CT molecular complexity index is 739. The molecule has 0 amide bonds. The standard InChI is InChI=1S/C12H8F3N3O4/c1-7-5-10(12(13,14)15)16-17(7)22-11(19)8-3-2-4-9(6-8)18(20)21/h2-6H,1H3. The van der Waals surface area contributed by atoms with Gasteiger partial charge in [-0.3, -0.25) is 10.1 Å². The molecule has 2 rings (SSSR count). The number of non-ortho nitro benzene ring substituents is 1. The lowest BCUT2D eigenvalue weighted by Gasteiger charge is -2.05. The summed E-state index contributed by atoms with van der Waals surface area (Å²) < 4.78 is 37.5. The van der Waals surface area contributed by atoms with Gasteiger partial charge in [-0.25, -0.2) is 4.79 Å². The molecule has 1 heterocycles. The van der Waals surface area contributed by atoms with Crippen molar-refractivity contribution < 1.29 is 27.7 Å². The second kappa shape index (κ2) is 5.47. The van der Waals surface area contributed by atoms with Crippen LogP contribution >= 0.6 is 0 Å². The van der Waals surface area contributed by atoms with Crippen LogP contribution in [0.15, 0.2) is 30.3 Å². The maximum atomic E-state index is 12.5. The lowest BCUT2D eigenvalue weighted by Crippen LogP contribution is -2.22. The Kier molecular flexibility index (Phi) is 3.85. The van der Waals surface area contributed by atoms with Gasteiger partial charge in [0.25, 0.3) is 5.69 Å². The van der Waals surface area contributed by atoms with Gasteiger partial charge in [0, 0.05) is 12.1 Å². The van der Waals surface area contributed by atoms with E-state index in [9.17, 15) is 28.1 Å². The number of hydrogen-bond donors (Lipinski definition) is 0. The van der Waals surface area contributed by atoms with Gasteiger partial charge < -0.3 is 4.84 Å². The Morgan fingerprint density at radius 3 is 2.59 bits per heavy atom. The molecule has 0 saturated carbocycles. The molecule has 0 saturated heterocycles. The number of rotatable bonds is 3. The number of aryl methyl sites for hydroxylation is 1. The molecule has 0 bridgehead atoms. The highest BCUT2D eigenvalue weighted by molar-refractivity contribution is 5.90. The molecule has 7 nitrogen and oxygen atoms in total. The van der Waals surface area contributed by atoms with Crippen LogP contribution < -0.4 is 4.84 Å². The molecule has 0 atom stereocenters. The largest absolute Gasteiger partial charge is 0.435 e. The van der Waals surface area contributed by atoms with E-state index in [2.05, 4.69) is 9.94 Å². The van der Waals surface area contributed by atoms with Crippen LogP contribution in [0.2, 0.25) is 0 Å². The fourth-order valence-corrected chi connectivity index (χ4v) is 1.57. The van der Waals surface area contributed by atoms with E-state index in [1.54, 1.807) is 0 Å². The molecule has 0 N–H and O–H groups in total. The van der Waals surface area contributed by atoms with Crippen LogP contribution in [-0.4, -0.2) is 20.8 Å². The summed E-state index contributed by atoms with van der Waals surface area (Å²) in [4.78, 5) is 26.8. The normalized spacial score (nSPS) is 11.3. The molecule has 1 aromatic heterocycles. The zero-order chi connectivity index (χ0) is 16.5. The fourth-order valence-electron chi connectivity index (χ4n) is 1.57. The van der Waals surface area contributed by atoms with Crippen molar-refractivity contribution >= 4 is 11.7 Å². The molecular weight excluding hydrogens is 307 g/mol. The number of nitro benzene ring substituents is 1. The average molecular weight is 315 g/mol. The summed E-state index contributed by atoms with van der Waals surface area (Å²) in [7, 11) is 0. The number of alkyl halides is 3. The van der Waals surface area contributed by atoms with E-state index in [-0.39, 0.29) is 16.9 Å². The second-order valence-electron chi connectivity index (χ2n) is 4.23. The predicted octanol–water partition coefficient (Wildman–Crippen LogP) is 2.39. The predicted molar refractivity (Wildman–Crippen MR) is 66.0 cm³/mol. The quantitative estimate of drug-likeness (QED) is 0.641. The van der Waals surface area contributed by atoms with Crippen molar-refractivity contribution in [3.63, 3.8) is 0 Å². The first-order chi connectivity index (χ1) is 10.2. The van der Waals surface area contributed by atoms with Crippen molar-refractivity contribution in [1.29, 1.82) is 0 Å². The molecule has 0 spiro atoms. The molecule has 22 heavy (non-hydrogen) atoms. The highest BCUT2D eigenvalue weighted by Gasteiger charge is 2.35. The number of hydrogen-bond acceptors (Lipinski definition) is 5. The Labute approximate surface area is 121 Å². The topological polar surface area (TPSA) is 87.3 Å². The van der Waals surface area contributed by atoms with Crippen molar-refractivity contribution in [1.82, 2.24) is 9.94 Å². The molecule has 0 aliphatic rings. The minimum absolute atomic E-state index is 0.0499. The highest BCUT2D eigenvalue weighted by Crippen LogP contribution is 2.28. The molecule has 0 radical (unpaired) electrons. The van der Waals surface area contributed by atoms with Crippen LogP contribution in [0.25, 0.3) is 0 Å². The van der Waals surface area contributed by atoms with E-state index in [4.69, 9.17) is 0 Å². The smallest absolute Gasteiger partial charge is 0.314 e. The number of nitro groups is 1. The molecule has 116 valence electrons. The van der Waals surface area contributed by atoms with Crippen LogP contribution in [0.3, 0.4) is 0 Å². The van der Waals surface area contributed by atoms with E-state index in [1.165, 1.54) is 19.1 Å². The van der Waals surface area contributed by atoms with Crippen molar-refractivity contribution in [3.05, 3.63) is 57.4 Å². The van der Waals surface area contributed by atoms with E-state index < -0.39 is 22.8 Å². The number of halogens is 3. The van der Waals surface area contributed by atoms with Crippen molar-refractivity contribution in [2.45, 2.75) is 13.1 Å². The van der Waals surface area contributed by atoms with Crippen LogP contribution in [0.4, 0.5) is 18.9 Å². The zero-order valence-corrected chi connectivity index (χ0v) is 11.0. The maximum absolute atomic E-state index is 12.5. The molecule has 0 aliphatic carbocycles. The highest BCUT2D eigenvalue weighted by atomic mass is 19.4. The van der Waals surface area contributed by atoms with Crippen LogP contribution in [-0.2, 0) is 6.18 Å². The summed E-state index contributed by atoms with van der Waals surface area (Å²) in [6, 6.07) is 5.31. The molecular formula is C12H8F3N3O4. The van der Waals surface area contributed by atoms with Gasteiger partial charge in [-0.05, 0) is 19.1 Å². The van der Waals surface area contributed by atoms with Crippen LogP contribution in [0, 0.1) is 17.0 Å². The Hall–Kier alpha value is -2.91. The van der Waals surface area contributed by atoms with Crippen molar-refractivity contribution in [3.8, 4) is 0 Å². The Morgan fingerprint density at radius 1 is 1.36 bits per heavy atom. The van der Waals surface area contributed by atoms with Gasteiger partial charge in [-0.2, -0.15) is 13.2 Å². The molecule has 0 fully saturated rings. The number of carbonyl (C=O) groups excluding carboxylic acids is 1. The van der Waals surface area contributed by atoms with Crippen LogP contribution in [0.5, 0.6) is 0 Å². The molecule has 0 aliphatic heterocycles. The van der Waals surface area contributed by atoms with Gasteiger partial charge in [0.1, 0.15) is 0 Å². The Balaban J connectivity index is 2.24. The maximum Gasteiger partial charge on any atom is 0.435 e. The van der Waals surface area contributed by atoms with Gasteiger partial charge in [-0.1, -0.05) is 10.9 Å². The third-order valence-electron chi connectivity index (χ3n) is 2.60. The summed E-state index contributed by atoms with van der Waals surface area (Å²) in [5, 5.41) is 13.7. The van der Waals surface area contributed by atoms with Gasteiger partial charge in [0.15, 0.2) is 5.69 Å². The minimum atomic E-state index is -4.67. The lowest BCUT2D eigenvalue weighted by atomic mass is 10.2. The average Bonchev–Trinajstić information content (AvgIpc) is 2.80. The molecule has 0 unspecified atom stereocenters. The third-order valence-corrected chi connectivity index (χ3v) is 2.60. The SMILES string of the molecule is Cc1cc(C(F)(F)F)nn1OC(=O)c1cccc([N+](=O)[O-])c1.